The fourth-order valence-corrected chi connectivity index (χ4v) is 3.37. The number of hydrazine groups is 1. The molecule has 0 radical (unpaired) electrons. The van der Waals surface area contributed by atoms with E-state index >= 15 is 0 Å². The molecule has 3 nitrogen and oxygen atoms in total. The molecule has 0 saturated heterocycles. The fraction of sp³-hybridized carbons (Fsp3) is 0.643. The Hall–Kier alpha value is 0.0300. The van der Waals surface area contributed by atoms with Gasteiger partial charge in [-0.15, -0.1) is 0 Å². The van der Waals surface area contributed by atoms with Gasteiger partial charge in [-0.25, -0.2) is 0 Å². The van der Waals surface area contributed by atoms with Gasteiger partial charge in [0.15, 0.2) is 0 Å². The van der Waals surface area contributed by atoms with Crippen molar-refractivity contribution in [2.24, 2.45) is 5.84 Å². The highest BCUT2D eigenvalue weighted by Crippen LogP contribution is 2.27. The van der Waals surface area contributed by atoms with Crippen molar-refractivity contribution in [3.8, 4) is 0 Å². The predicted molar refractivity (Wildman–Crippen MR) is 87.7 cm³/mol. The molecule has 1 atom stereocenters. The molecule has 1 aromatic rings. The molecule has 3 N–H and O–H groups in total. The van der Waals surface area contributed by atoms with Crippen LogP contribution in [0.15, 0.2) is 21.2 Å². The summed E-state index contributed by atoms with van der Waals surface area (Å²) in [5, 5.41) is 0. The van der Waals surface area contributed by atoms with Gasteiger partial charge < -0.3 is 0 Å². The molecular formula is C14H23Br2N3. The normalized spacial score (nSPS) is 12.6. The van der Waals surface area contributed by atoms with Crippen LogP contribution in [0.2, 0.25) is 0 Å². The van der Waals surface area contributed by atoms with Gasteiger partial charge in [0.25, 0.3) is 0 Å². The molecule has 1 heterocycles. The van der Waals surface area contributed by atoms with Crippen molar-refractivity contribution in [3.05, 3.63) is 26.9 Å². The lowest BCUT2D eigenvalue weighted by atomic mass is 10.0. The van der Waals surface area contributed by atoms with Crippen LogP contribution < -0.4 is 11.3 Å². The van der Waals surface area contributed by atoms with Crippen LogP contribution in [-0.4, -0.2) is 4.98 Å². The molecule has 0 aliphatic carbocycles. The summed E-state index contributed by atoms with van der Waals surface area (Å²) in [7, 11) is 0. The lowest BCUT2D eigenvalue weighted by Gasteiger charge is -2.16. The van der Waals surface area contributed by atoms with Crippen molar-refractivity contribution in [2.75, 3.05) is 0 Å². The molecule has 0 aliphatic rings. The first-order valence-corrected chi connectivity index (χ1v) is 8.54. The van der Waals surface area contributed by atoms with Gasteiger partial charge in [0.2, 0.25) is 0 Å². The summed E-state index contributed by atoms with van der Waals surface area (Å²) in [6.07, 6.45) is 10.6. The second-order valence-corrected chi connectivity index (χ2v) is 6.57. The van der Waals surface area contributed by atoms with Gasteiger partial charge in [-0.1, -0.05) is 45.4 Å². The molecule has 0 fully saturated rings. The van der Waals surface area contributed by atoms with E-state index in [-0.39, 0.29) is 6.04 Å². The van der Waals surface area contributed by atoms with E-state index in [9.17, 15) is 0 Å². The number of hydrogen-bond acceptors (Lipinski definition) is 3. The van der Waals surface area contributed by atoms with Crippen molar-refractivity contribution in [3.63, 3.8) is 0 Å². The maximum atomic E-state index is 5.65. The van der Waals surface area contributed by atoms with Crippen molar-refractivity contribution in [1.29, 1.82) is 0 Å². The molecule has 1 unspecified atom stereocenters. The molecule has 0 amide bonds. The van der Waals surface area contributed by atoms with Gasteiger partial charge in [-0.2, -0.15) is 0 Å². The van der Waals surface area contributed by atoms with Gasteiger partial charge in [0.1, 0.15) is 0 Å². The summed E-state index contributed by atoms with van der Waals surface area (Å²) in [6, 6.07) is 2.13. The van der Waals surface area contributed by atoms with Crippen molar-refractivity contribution in [2.45, 2.75) is 57.9 Å². The van der Waals surface area contributed by atoms with Crippen LogP contribution >= 0.6 is 31.9 Å². The van der Waals surface area contributed by atoms with Crippen LogP contribution in [-0.2, 0) is 0 Å². The van der Waals surface area contributed by atoms with Gasteiger partial charge >= 0.3 is 0 Å². The minimum Gasteiger partial charge on any atom is -0.271 e. The molecule has 1 aromatic heterocycles. The summed E-state index contributed by atoms with van der Waals surface area (Å²) in [4.78, 5) is 4.44. The van der Waals surface area contributed by atoms with Crippen LogP contribution in [0.5, 0.6) is 0 Å². The summed E-state index contributed by atoms with van der Waals surface area (Å²) >= 11 is 6.95. The van der Waals surface area contributed by atoms with Crippen LogP contribution in [0.4, 0.5) is 0 Å². The third-order valence-electron chi connectivity index (χ3n) is 3.21. The number of pyridine rings is 1. The Morgan fingerprint density at radius 2 is 1.89 bits per heavy atom. The Balaban J connectivity index is 2.40. The average molecular weight is 393 g/mol. The van der Waals surface area contributed by atoms with Gasteiger partial charge in [-0.3, -0.25) is 16.3 Å². The van der Waals surface area contributed by atoms with E-state index in [1.165, 1.54) is 38.5 Å². The maximum absolute atomic E-state index is 5.65. The SMILES string of the molecule is CCCCCCCCC(NN)c1ncc(Br)cc1Br. The van der Waals surface area contributed by atoms with E-state index in [0.717, 1.165) is 21.1 Å². The Bertz CT molecular complexity index is 372. The number of aromatic nitrogens is 1. The lowest BCUT2D eigenvalue weighted by molar-refractivity contribution is 0.467. The average Bonchev–Trinajstić information content (AvgIpc) is 2.39. The first-order valence-electron chi connectivity index (χ1n) is 6.96. The maximum Gasteiger partial charge on any atom is 0.0729 e. The van der Waals surface area contributed by atoms with E-state index in [1.54, 1.807) is 0 Å². The van der Waals surface area contributed by atoms with E-state index < -0.39 is 0 Å². The molecule has 1 rings (SSSR count). The molecule has 19 heavy (non-hydrogen) atoms. The molecular weight excluding hydrogens is 370 g/mol. The first kappa shape index (κ1) is 17.1. The first-order chi connectivity index (χ1) is 9.19. The van der Waals surface area contributed by atoms with Gasteiger partial charge in [0.05, 0.1) is 11.7 Å². The number of nitrogens with two attached hydrogens (primary N) is 1. The predicted octanol–water partition coefficient (Wildman–Crippen LogP) is 4.86. The van der Waals surface area contributed by atoms with Crippen molar-refractivity contribution < 1.29 is 0 Å². The number of nitrogens with zero attached hydrogens (tertiary/aromatic N) is 1. The Morgan fingerprint density at radius 3 is 2.53 bits per heavy atom. The number of unbranched alkanes of at least 4 members (excludes halogenated alkanes) is 5. The van der Waals surface area contributed by atoms with Crippen molar-refractivity contribution >= 4 is 31.9 Å². The molecule has 0 spiro atoms. The number of hydrogen-bond donors (Lipinski definition) is 2. The summed E-state index contributed by atoms with van der Waals surface area (Å²) in [5.41, 5.74) is 3.86. The monoisotopic (exact) mass is 391 g/mol. The highest BCUT2D eigenvalue weighted by atomic mass is 79.9. The molecule has 0 bridgehead atoms. The second-order valence-electron chi connectivity index (χ2n) is 4.80. The van der Waals surface area contributed by atoms with Gasteiger partial charge in [0, 0.05) is 15.1 Å². The van der Waals surface area contributed by atoms with E-state index in [2.05, 4.69) is 49.2 Å². The summed E-state index contributed by atoms with van der Waals surface area (Å²) in [6.45, 7) is 2.24. The molecule has 0 saturated carbocycles. The lowest BCUT2D eigenvalue weighted by Crippen LogP contribution is -2.29. The Kier molecular flexibility index (Phi) is 8.86. The van der Waals surface area contributed by atoms with Crippen LogP contribution in [0, 0.1) is 0 Å². The van der Waals surface area contributed by atoms with Crippen LogP contribution in [0.25, 0.3) is 0 Å². The quantitative estimate of drug-likeness (QED) is 0.358. The standard InChI is InChI=1S/C14H23Br2N3/c1-2-3-4-5-6-7-8-13(19-17)14-12(16)9-11(15)10-18-14/h9-10,13,19H,2-8,17H2,1H3. The zero-order valence-corrected chi connectivity index (χ0v) is 14.6. The minimum atomic E-state index is 0.119. The van der Waals surface area contributed by atoms with E-state index in [0.29, 0.717) is 0 Å². The summed E-state index contributed by atoms with van der Waals surface area (Å²) < 4.78 is 1.97. The Morgan fingerprint density at radius 1 is 1.21 bits per heavy atom. The van der Waals surface area contributed by atoms with Crippen molar-refractivity contribution in [1.82, 2.24) is 10.4 Å². The summed E-state index contributed by atoms with van der Waals surface area (Å²) in [5.74, 6) is 5.65. The van der Waals surface area contributed by atoms with Crippen LogP contribution in [0.1, 0.15) is 63.6 Å². The third-order valence-corrected chi connectivity index (χ3v) is 4.28. The highest BCUT2D eigenvalue weighted by molar-refractivity contribution is 9.11. The fourth-order valence-electron chi connectivity index (χ4n) is 2.11. The topological polar surface area (TPSA) is 50.9 Å². The Labute approximate surface area is 133 Å². The number of nitrogens with one attached hydrogen (secondary N) is 1. The second kappa shape index (κ2) is 9.86. The zero-order chi connectivity index (χ0) is 14.1. The van der Waals surface area contributed by atoms with E-state index in [1.807, 2.05) is 12.3 Å². The third kappa shape index (κ3) is 6.34. The zero-order valence-electron chi connectivity index (χ0n) is 11.5. The largest absolute Gasteiger partial charge is 0.271 e. The molecule has 0 aliphatic heterocycles. The molecule has 5 heteroatoms. The molecule has 108 valence electrons. The number of halogens is 2. The van der Waals surface area contributed by atoms with E-state index in [4.69, 9.17) is 5.84 Å². The highest BCUT2D eigenvalue weighted by Gasteiger charge is 2.14. The van der Waals surface area contributed by atoms with Crippen LogP contribution in [0.3, 0.4) is 0 Å². The molecule has 0 aromatic carbocycles. The smallest absolute Gasteiger partial charge is 0.0729 e. The number of rotatable bonds is 9. The van der Waals surface area contributed by atoms with Gasteiger partial charge in [-0.05, 0) is 44.3 Å². The minimum absolute atomic E-state index is 0.119.